The molecule has 2 heteroatoms. The Kier molecular flexibility index (Phi) is 2.50. The Labute approximate surface area is 75.2 Å². The van der Waals surface area contributed by atoms with Gasteiger partial charge in [0.25, 0.3) is 0 Å². The summed E-state index contributed by atoms with van der Waals surface area (Å²) in [6.07, 6.45) is 4.03. The van der Waals surface area contributed by atoms with Gasteiger partial charge in [0.05, 0.1) is 5.60 Å². The summed E-state index contributed by atoms with van der Waals surface area (Å²) in [5.74, 6) is 0. The molecule has 0 aromatic heterocycles. The van der Waals surface area contributed by atoms with Crippen molar-refractivity contribution in [2.24, 2.45) is 11.1 Å². The van der Waals surface area contributed by atoms with Crippen LogP contribution in [0.5, 0.6) is 0 Å². The molecule has 0 aromatic rings. The molecule has 0 heterocycles. The van der Waals surface area contributed by atoms with E-state index in [4.69, 9.17) is 5.73 Å². The van der Waals surface area contributed by atoms with Crippen LogP contribution < -0.4 is 5.73 Å². The van der Waals surface area contributed by atoms with Crippen LogP contribution in [0.4, 0.5) is 0 Å². The Bertz CT molecular complexity index is 165. The zero-order chi connectivity index (χ0) is 9.41. The molecule has 0 spiro atoms. The van der Waals surface area contributed by atoms with Crippen molar-refractivity contribution in [3.05, 3.63) is 0 Å². The first kappa shape index (κ1) is 10.0. The summed E-state index contributed by atoms with van der Waals surface area (Å²) in [5, 5.41) is 10.2. The van der Waals surface area contributed by atoms with Crippen molar-refractivity contribution in [1.29, 1.82) is 0 Å². The number of hydrogen-bond donors (Lipinski definition) is 2. The van der Waals surface area contributed by atoms with Gasteiger partial charge in [-0.15, -0.1) is 0 Å². The second-order valence-electron chi connectivity index (χ2n) is 5.09. The molecule has 3 N–H and O–H groups in total. The number of hydrogen-bond acceptors (Lipinski definition) is 2. The lowest BCUT2D eigenvalue weighted by molar-refractivity contribution is -0.0537. The number of nitrogens with two attached hydrogens (primary N) is 1. The summed E-state index contributed by atoms with van der Waals surface area (Å²) >= 11 is 0. The van der Waals surface area contributed by atoms with Gasteiger partial charge in [0, 0.05) is 6.04 Å². The van der Waals surface area contributed by atoms with E-state index in [9.17, 15) is 5.11 Å². The van der Waals surface area contributed by atoms with Crippen LogP contribution in [0.25, 0.3) is 0 Å². The van der Waals surface area contributed by atoms with Gasteiger partial charge >= 0.3 is 0 Å². The molecule has 0 saturated heterocycles. The van der Waals surface area contributed by atoms with Gasteiger partial charge in [0.1, 0.15) is 0 Å². The van der Waals surface area contributed by atoms with E-state index in [2.05, 4.69) is 13.8 Å². The molecule has 1 saturated carbocycles. The topological polar surface area (TPSA) is 46.2 Å². The van der Waals surface area contributed by atoms with Crippen molar-refractivity contribution in [2.45, 2.75) is 58.1 Å². The molecule has 1 aliphatic rings. The van der Waals surface area contributed by atoms with E-state index in [1.54, 1.807) is 0 Å². The average Bonchev–Trinajstić information content (AvgIpc) is 1.83. The van der Waals surface area contributed by atoms with Crippen LogP contribution in [0.3, 0.4) is 0 Å². The maximum absolute atomic E-state index is 10.2. The van der Waals surface area contributed by atoms with Crippen LogP contribution in [-0.4, -0.2) is 16.7 Å². The molecule has 0 aliphatic heterocycles. The van der Waals surface area contributed by atoms with E-state index < -0.39 is 5.60 Å². The minimum Gasteiger partial charge on any atom is -0.388 e. The molecule has 0 aromatic carbocycles. The SMILES string of the molecule is CC(N)C1(O)CCCC(C)(C)C1. The molecular weight excluding hydrogens is 150 g/mol. The van der Waals surface area contributed by atoms with E-state index in [1.807, 2.05) is 6.92 Å². The van der Waals surface area contributed by atoms with E-state index >= 15 is 0 Å². The normalized spacial score (nSPS) is 37.8. The van der Waals surface area contributed by atoms with E-state index in [0.29, 0.717) is 0 Å². The van der Waals surface area contributed by atoms with E-state index in [1.165, 1.54) is 6.42 Å². The van der Waals surface area contributed by atoms with Gasteiger partial charge in [-0.1, -0.05) is 13.8 Å². The van der Waals surface area contributed by atoms with Crippen molar-refractivity contribution >= 4 is 0 Å². The Morgan fingerprint density at radius 3 is 2.25 bits per heavy atom. The summed E-state index contributed by atoms with van der Waals surface area (Å²) < 4.78 is 0. The third-order valence-corrected chi connectivity index (χ3v) is 3.10. The molecule has 2 nitrogen and oxygen atoms in total. The van der Waals surface area contributed by atoms with Crippen molar-refractivity contribution in [2.75, 3.05) is 0 Å². The second-order valence-corrected chi connectivity index (χ2v) is 5.09. The Balaban J connectivity index is 2.68. The lowest BCUT2D eigenvalue weighted by Gasteiger charge is -2.43. The standard InChI is InChI=1S/C10H21NO/c1-8(11)10(12)6-4-5-9(2,3)7-10/h8,12H,4-7,11H2,1-3H3. The molecule has 0 bridgehead atoms. The maximum atomic E-state index is 10.2. The van der Waals surface area contributed by atoms with Crippen LogP contribution in [0.1, 0.15) is 46.5 Å². The fourth-order valence-corrected chi connectivity index (χ4v) is 2.27. The minimum atomic E-state index is -0.609. The molecule has 0 radical (unpaired) electrons. The predicted octanol–water partition coefficient (Wildman–Crippen LogP) is 1.66. The van der Waals surface area contributed by atoms with Crippen LogP contribution in [0.2, 0.25) is 0 Å². The average molecular weight is 171 g/mol. The molecule has 72 valence electrons. The first-order valence-corrected chi connectivity index (χ1v) is 4.84. The van der Waals surface area contributed by atoms with Crippen LogP contribution in [0, 0.1) is 5.41 Å². The lowest BCUT2D eigenvalue weighted by atomic mass is 9.68. The van der Waals surface area contributed by atoms with Gasteiger partial charge < -0.3 is 10.8 Å². The van der Waals surface area contributed by atoms with Gasteiger partial charge in [0.2, 0.25) is 0 Å². The van der Waals surface area contributed by atoms with Gasteiger partial charge in [-0.3, -0.25) is 0 Å². The second kappa shape index (κ2) is 3.00. The van der Waals surface area contributed by atoms with Crippen LogP contribution in [-0.2, 0) is 0 Å². The van der Waals surface area contributed by atoms with Gasteiger partial charge in [-0.05, 0) is 38.0 Å². The summed E-state index contributed by atoms with van der Waals surface area (Å²) in [6.45, 7) is 6.32. The van der Waals surface area contributed by atoms with Crippen molar-refractivity contribution in [1.82, 2.24) is 0 Å². The van der Waals surface area contributed by atoms with Crippen LogP contribution in [0.15, 0.2) is 0 Å². The lowest BCUT2D eigenvalue weighted by Crippen LogP contribution is -2.51. The highest BCUT2D eigenvalue weighted by Gasteiger charge is 2.40. The summed E-state index contributed by atoms with van der Waals surface area (Å²) in [4.78, 5) is 0. The highest BCUT2D eigenvalue weighted by atomic mass is 16.3. The largest absolute Gasteiger partial charge is 0.388 e. The first-order valence-electron chi connectivity index (χ1n) is 4.84. The molecule has 12 heavy (non-hydrogen) atoms. The zero-order valence-electron chi connectivity index (χ0n) is 8.43. The monoisotopic (exact) mass is 171 g/mol. The smallest absolute Gasteiger partial charge is 0.0800 e. The Morgan fingerprint density at radius 2 is 1.92 bits per heavy atom. The van der Waals surface area contributed by atoms with Crippen LogP contribution >= 0.6 is 0 Å². The van der Waals surface area contributed by atoms with Crippen molar-refractivity contribution in [3.8, 4) is 0 Å². The Morgan fingerprint density at radius 1 is 1.33 bits per heavy atom. The maximum Gasteiger partial charge on any atom is 0.0800 e. The highest BCUT2D eigenvalue weighted by Crippen LogP contribution is 2.41. The third kappa shape index (κ3) is 1.99. The summed E-state index contributed by atoms with van der Waals surface area (Å²) in [6, 6.07) is -0.0999. The molecule has 1 rings (SSSR count). The highest BCUT2D eigenvalue weighted by molar-refractivity contribution is 4.95. The third-order valence-electron chi connectivity index (χ3n) is 3.10. The number of rotatable bonds is 1. The van der Waals surface area contributed by atoms with E-state index in [0.717, 1.165) is 19.3 Å². The molecule has 2 atom stereocenters. The fourth-order valence-electron chi connectivity index (χ4n) is 2.27. The molecule has 1 fully saturated rings. The molecular formula is C10H21NO. The minimum absolute atomic E-state index is 0.0999. The quantitative estimate of drug-likeness (QED) is 0.630. The van der Waals surface area contributed by atoms with Gasteiger partial charge in [0.15, 0.2) is 0 Å². The molecule has 1 aliphatic carbocycles. The number of aliphatic hydroxyl groups is 1. The first-order chi connectivity index (χ1) is 5.36. The fraction of sp³-hybridized carbons (Fsp3) is 1.00. The van der Waals surface area contributed by atoms with E-state index in [-0.39, 0.29) is 11.5 Å². The zero-order valence-corrected chi connectivity index (χ0v) is 8.43. The summed E-state index contributed by atoms with van der Waals surface area (Å²) in [7, 11) is 0. The predicted molar refractivity (Wildman–Crippen MR) is 50.8 cm³/mol. The van der Waals surface area contributed by atoms with Crippen molar-refractivity contribution in [3.63, 3.8) is 0 Å². The summed E-state index contributed by atoms with van der Waals surface area (Å²) in [5.41, 5.74) is 5.43. The van der Waals surface area contributed by atoms with Crippen molar-refractivity contribution < 1.29 is 5.11 Å². The molecule has 0 amide bonds. The molecule has 2 unspecified atom stereocenters. The van der Waals surface area contributed by atoms with Gasteiger partial charge in [-0.2, -0.15) is 0 Å². The Hall–Kier alpha value is -0.0800. The van der Waals surface area contributed by atoms with Gasteiger partial charge in [-0.25, -0.2) is 0 Å².